The molecule has 32 heavy (non-hydrogen) atoms. The van der Waals surface area contributed by atoms with Crippen LogP contribution in [-0.4, -0.2) is 23.3 Å². The molecule has 1 atom stereocenters. The molecule has 0 unspecified atom stereocenters. The summed E-state index contributed by atoms with van der Waals surface area (Å²) in [6, 6.07) is 21.0. The summed E-state index contributed by atoms with van der Waals surface area (Å²) in [5.41, 5.74) is 6.28. The highest BCUT2D eigenvalue weighted by Gasteiger charge is 2.36. The van der Waals surface area contributed by atoms with Crippen LogP contribution in [0.15, 0.2) is 66.7 Å². The third-order valence-corrected chi connectivity index (χ3v) is 5.84. The molecule has 0 saturated carbocycles. The Bertz CT molecular complexity index is 1150. The van der Waals surface area contributed by atoms with Gasteiger partial charge in [-0.05, 0) is 73.4 Å². The molecule has 0 spiro atoms. The molecule has 0 bridgehead atoms. The van der Waals surface area contributed by atoms with Gasteiger partial charge in [0, 0.05) is 34.6 Å². The molecule has 1 heterocycles. The highest BCUT2D eigenvalue weighted by atomic mass is 16.2. The summed E-state index contributed by atoms with van der Waals surface area (Å²) in [5.74, 6) is 0.257. The Morgan fingerprint density at radius 2 is 1.62 bits per heavy atom. The predicted octanol–water partition coefficient (Wildman–Crippen LogP) is 5.78. The number of carbonyl (C=O) groups excluding carboxylic acids is 2. The highest BCUT2D eigenvalue weighted by Crippen LogP contribution is 2.35. The van der Waals surface area contributed by atoms with E-state index in [1.165, 1.54) is 5.56 Å². The molecule has 4 rings (SSSR count). The van der Waals surface area contributed by atoms with E-state index in [1.807, 2.05) is 73.3 Å². The maximum Gasteiger partial charge on any atom is 0.256 e. The van der Waals surface area contributed by atoms with E-state index in [2.05, 4.69) is 24.5 Å². The number of fused-ring (bicyclic) bond motifs is 1. The average molecular weight is 428 g/mol. The van der Waals surface area contributed by atoms with Crippen LogP contribution in [0.3, 0.4) is 0 Å². The number of aryl methyl sites for hydroxylation is 2. The zero-order chi connectivity index (χ0) is 22.8. The van der Waals surface area contributed by atoms with Crippen molar-refractivity contribution in [2.75, 3.05) is 17.2 Å². The van der Waals surface area contributed by atoms with Crippen molar-refractivity contribution in [2.45, 2.75) is 33.9 Å². The Balaban J connectivity index is 1.50. The van der Waals surface area contributed by atoms with Gasteiger partial charge in [0.2, 0.25) is 0 Å². The molecule has 0 aliphatic carbocycles. The molecule has 0 radical (unpaired) electrons. The van der Waals surface area contributed by atoms with Gasteiger partial charge in [-0.2, -0.15) is 0 Å². The molecule has 5 nitrogen and oxygen atoms in total. The van der Waals surface area contributed by atoms with Crippen molar-refractivity contribution in [3.05, 3.63) is 94.5 Å². The van der Waals surface area contributed by atoms with Crippen LogP contribution in [-0.2, 0) is 0 Å². The smallest absolute Gasteiger partial charge is 0.256 e. The largest absolute Gasteiger partial charge is 0.361 e. The molecule has 0 fully saturated rings. The average Bonchev–Trinajstić information content (AvgIpc) is 3.02. The summed E-state index contributed by atoms with van der Waals surface area (Å²) in [7, 11) is 0. The lowest BCUT2D eigenvalue weighted by Crippen LogP contribution is -2.35. The normalized spacial score (nSPS) is 15.1. The summed E-state index contributed by atoms with van der Waals surface area (Å²) in [5, 5.41) is 6.44. The second-order valence-corrected chi connectivity index (χ2v) is 8.82. The SMILES string of the molecule is Cc1ccc(NC(=O)c2ccc(N[C@H]3c4ccccc4C(=O)N3CC(C)C)cc2)cc1C. The summed E-state index contributed by atoms with van der Waals surface area (Å²) in [6.07, 6.45) is -0.226. The van der Waals surface area contributed by atoms with Crippen LogP contribution >= 0.6 is 0 Å². The van der Waals surface area contributed by atoms with Crippen molar-refractivity contribution in [1.82, 2.24) is 4.90 Å². The maximum atomic E-state index is 12.9. The van der Waals surface area contributed by atoms with E-state index in [1.54, 1.807) is 12.1 Å². The first-order valence-corrected chi connectivity index (χ1v) is 11.0. The quantitative estimate of drug-likeness (QED) is 0.524. The van der Waals surface area contributed by atoms with Gasteiger partial charge in [-0.25, -0.2) is 0 Å². The summed E-state index contributed by atoms with van der Waals surface area (Å²) >= 11 is 0. The number of hydrogen-bond donors (Lipinski definition) is 2. The molecule has 5 heteroatoms. The van der Waals surface area contributed by atoms with E-state index in [4.69, 9.17) is 0 Å². The Kier molecular flexibility index (Phi) is 5.99. The van der Waals surface area contributed by atoms with Crippen molar-refractivity contribution in [2.24, 2.45) is 5.92 Å². The van der Waals surface area contributed by atoms with Crippen molar-refractivity contribution < 1.29 is 9.59 Å². The van der Waals surface area contributed by atoms with Gasteiger partial charge in [0.1, 0.15) is 6.17 Å². The van der Waals surface area contributed by atoms with Crippen LogP contribution < -0.4 is 10.6 Å². The zero-order valence-corrected chi connectivity index (χ0v) is 19.0. The summed E-state index contributed by atoms with van der Waals surface area (Å²) < 4.78 is 0. The van der Waals surface area contributed by atoms with Crippen LogP contribution in [0.4, 0.5) is 11.4 Å². The van der Waals surface area contributed by atoms with Crippen LogP contribution in [0.25, 0.3) is 0 Å². The van der Waals surface area contributed by atoms with Crippen molar-refractivity contribution >= 4 is 23.2 Å². The highest BCUT2D eigenvalue weighted by molar-refractivity contribution is 6.04. The number of hydrogen-bond acceptors (Lipinski definition) is 3. The molecule has 2 N–H and O–H groups in total. The Morgan fingerprint density at radius 1 is 0.938 bits per heavy atom. The van der Waals surface area contributed by atoms with E-state index in [0.717, 1.165) is 28.1 Å². The van der Waals surface area contributed by atoms with Crippen molar-refractivity contribution in [3.63, 3.8) is 0 Å². The number of rotatable bonds is 6. The number of nitrogens with one attached hydrogen (secondary N) is 2. The fraction of sp³-hybridized carbons (Fsp3) is 0.259. The van der Waals surface area contributed by atoms with E-state index in [0.29, 0.717) is 18.0 Å². The van der Waals surface area contributed by atoms with Gasteiger partial charge in [0.05, 0.1) is 0 Å². The van der Waals surface area contributed by atoms with E-state index >= 15 is 0 Å². The molecule has 1 aliphatic rings. The van der Waals surface area contributed by atoms with Gasteiger partial charge >= 0.3 is 0 Å². The van der Waals surface area contributed by atoms with E-state index < -0.39 is 0 Å². The number of benzene rings is 3. The third kappa shape index (κ3) is 4.37. The first-order chi connectivity index (χ1) is 15.3. The van der Waals surface area contributed by atoms with Gasteiger partial charge in [0.15, 0.2) is 0 Å². The maximum absolute atomic E-state index is 12.9. The van der Waals surface area contributed by atoms with Gasteiger partial charge in [-0.15, -0.1) is 0 Å². The molecule has 0 aromatic heterocycles. The Hall–Kier alpha value is -3.60. The number of carbonyl (C=O) groups is 2. The van der Waals surface area contributed by atoms with Crippen LogP contribution in [0.2, 0.25) is 0 Å². The van der Waals surface area contributed by atoms with Crippen LogP contribution in [0.1, 0.15) is 57.4 Å². The molecule has 3 aromatic carbocycles. The predicted molar refractivity (Wildman–Crippen MR) is 129 cm³/mol. The molecule has 2 amide bonds. The van der Waals surface area contributed by atoms with E-state index in [-0.39, 0.29) is 18.0 Å². The fourth-order valence-corrected chi connectivity index (χ4v) is 4.01. The van der Waals surface area contributed by atoms with Crippen LogP contribution in [0, 0.1) is 19.8 Å². The number of nitrogens with zero attached hydrogens (tertiary/aromatic N) is 1. The van der Waals surface area contributed by atoms with Gasteiger partial charge in [0.25, 0.3) is 11.8 Å². The number of amides is 2. The minimum Gasteiger partial charge on any atom is -0.361 e. The lowest BCUT2D eigenvalue weighted by molar-refractivity contribution is 0.0720. The third-order valence-electron chi connectivity index (χ3n) is 5.84. The summed E-state index contributed by atoms with van der Waals surface area (Å²) in [6.45, 7) is 8.96. The molecule has 1 aliphatic heterocycles. The molecule has 164 valence electrons. The minimum absolute atomic E-state index is 0.0520. The Morgan fingerprint density at radius 3 is 2.31 bits per heavy atom. The first-order valence-electron chi connectivity index (χ1n) is 11.0. The minimum atomic E-state index is -0.226. The van der Waals surface area contributed by atoms with Gasteiger partial charge < -0.3 is 15.5 Å². The fourth-order valence-electron chi connectivity index (χ4n) is 4.01. The standard InChI is InChI=1S/C27H29N3O2/c1-17(2)16-30-25(23-7-5-6-8-24(23)27(30)32)28-21-13-10-20(11-14-21)26(31)29-22-12-9-18(3)19(4)15-22/h5-15,17,25,28H,16H2,1-4H3,(H,29,31)/t25-/m1/s1. The van der Waals surface area contributed by atoms with E-state index in [9.17, 15) is 9.59 Å². The van der Waals surface area contributed by atoms with Gasteiger partial charge in [-0.1, -0.05) is 38.1 Å². The van der Waals surface area contributed by atoms with Gasteiger partial charge in [-0.3, -0.25) is 9.59 Å². The molecular weight excluding hydrogens is 398 g/mol. The Labute approximate surface area is 189 Å². The van der Waals surface area contributed by atoms with Crippen molar-refractivity contribution in [1.29, 1.82) is 0 Å². The van der Waals surface area contributed by atoms with Crippen LogP contribution in [0.5, 0.6) is 0 Å². The monoisotopic (exact) mass is 427 g/mol. The number of anilines is 2. The molecule has 0 saturated heterocycles. The second kappa shape index (κ2) is 8.87. The topological polar surface area (TPSA) is 61.4 Å². The molecular formula is C27H29N3O2. The first kappa shape index (κ1) is 21.6. The lowest BCUT2D eigenvalue weighted by Gasteiger charge is -2.28. The van der Waals surface area contributed by atoms with Crippen molar-refractivity contribution in [3.8, 4) is 0 Å². The zero-order valence-electron chi connectivity index (χ0n) is 19.0. The summed E-state index contributed by atoms with van der Waals surface area (Å²) in [4.78, 5) is 27.5. The second-order valence-electron chi connectivity index (χ2n) is 8.82. The molecule has 3 aromatic rings. The lowest BCUT2D eigenvalue weighted by atomic mass is 10.1.